The summed E-state index contributed by atoms with van der Waals surface area (Å²) in [5.74, 6) is 1.57. The summed E-state index contributed by atoms with van der Waals surface area (Å²) in [6, 6.07) is 13.7. The van der Waals surface area contributed by atoms with Crippen LogP contribution in [0.5, 0.6) is 11.5 Å². The van der Waals surface area contributed by atoms with Crippen molar-refractivity contribution in [3.63, 3.8) is 0 Å². The average molecular weight is 440 g/mol. The Bertz CT molecular complexity index is 1030. The second-order valence-electron chi connectivity index (χ2n) is 7.52. The molecule has 0 bridgehead atoms. The molecule has 0 fully saturated rings. The summed E-state index contributed by atoms with van der Waals surface area (Å²) in [5, 5.41) is 3.83. The SMILES string of the molecule is COc1cc(C(C)NC(=O)CSc2nccn2-c2ccccc2C)ccc1OC(C)C. The minimum atomic E-state index is -0.161. The summed E-state index contributed by atoms with van der Waals surface area (Å²) in [6.07, 6.45) is 3.72. The predicted molar refractivity (Wildman–Crippen MR) is 124 cm³/mol. The number of nitrogens with one attached hydrogen (secondary N) is 1. The standard InChI is InChI=1S/C24H29N3O3S/c1-16(2)30-21-11-10-19(14-22(21)29-5)18(4)26-23(28)15-31-24-25-12-13-27(24)20-9-7-6-8-17(20)3/h6-14,16,18H,15H2,1-5H3,(H,26,28). The Morgan fingerprint density at radius 1 is 1.16 bits per heavy atom. The van der Waals surface area contributed by atoms with E-state index in [1.807, 2.05) is 67.9 Å². The van der Waals surface area contributed by atoms with Crippen LogP contribution >= 0.6 is 11.8 Å². The molecule has 0 aliphatic rings. The summed E-state index contributed by atoms with van der Waals surface area (Å²) in [4.78, 5) is 17.0. The van der Waals surface area contributed by atoms with E-state index >= 15 is 0 Å². The molecule has 1 aromatic heterocycles. The fourth-order valence-corrected chi connectivity index (χ4v) is 3.99. The number of hydrogen-bond donors (Lipinski definition) is 1. The van der Waals surface area contributed by atoms with Gasteiger partial charge in [0, 0.05) is 12.4 Å². The lowest BCUT2D eigenvalue weighted by Crippen LogP contribution is -2.28. The lowest BCUT2D eigenvalue weighted by Gasteiger charge is -2.18. The van der Waals surface area contributed by atoms with Gasteiger partial charge >= 0.3 is 0 Å². The van der Waals surface area contributed by atoms with E-state index in [0.29, 0.717) is 11.5 Å². The molecule has 2 aromatic carbocycles. The van der Waals surface area contributed by atoms with Crippen molar-refractivity contribution in [1.82, 2.24) is 14.9 Å². The molecule has 1 amide bonds. The zero-order valence-electron chi connectivity index (χ0n) is 18.6. The second kappa shape index (κ2) is 10.4. The van der Waals surface area contributed by atoms with Crippen LogP contribution in [0.3, 0.4) is 0 Å². The number of imidazole rings is 1. The third-order valence-electron chi connectivity index (χ3n) is 4.74. The number of thioether (sulfide) groups is 1. The Hall–Kier alpha value is -2.93. The average Bonchev–Trinajstić information content (AvgIpc) is 3.20. The number of para-hydroxylation sites is 1. The number of carbonyl (C=O) groups is 1. The van der Waals surface area contributed by atoms with E-state index in [0.717, 1.165) is 22.0 Å². The Morgan fingerprint density at radius 2 is 1.94 bits per heavy atom. The van der Waals surface area contributed by atoms with Crippen molar-refractivity contribution in [3.05, 3.63) is 66.0 Å². The molecule has 6 nitrogen and oxygen atoms in total. The summed E-state index contributed by atoms with van der Waals surface area (Å²) in [7, 11) is 1.61. The Morgan fingerprint density at radius 3 is 2.65 bits per heavy atom. The summed E-state index contributed by atoms with van der Waals surface area (Å²) in [6.45, 7) is 7.95. The van der Waals surface area contributed by atoms with Gasteiger partial charge in [0.05, 0.1) is 30.7 Å². The smallest absolute Gasteiger partial charge is 0.230 e. The van der Waals surface area contributed by atoms with Crippen molar-refractivity contribution in [1.29, 1.82) is 0 Å². The highest BCUT2D eigenvalue weighted by Crippen LogP contribution is 2.31. The predicted octanol–water partition coefficient (Wildman–Crippen LogP) is 4.95. The molecule has 0 aliphatic heterocycles. The first kappa shape index (κ1) is 22.7. The summed E-state index contributed by atoms with van der Waals surface area (Å²) >= 11 is 1.41. The Balaban J connectivity index is 1.62. The molecule has 0 saturated carbocycles. The first-order valence-corrected chi connectivity index (χ1v) is 11.2. The van der Waals surface area contributed by atoms with Gasteiger partial charge in [-0.2, -0.15) is 0 Å². The van der Waals surface area contributed by atoms with Crippen LogP contribution in [0.1, 0.15) is 37.9 Å². The molecule has 0 radical (unpaired) electrons. The van der Waals surface area contributed by atoms with E-state index in [-0.39, 0.29) is 23.8 Å². The van der Waals surface area contributed by atoms with Crippen molar-refractivity contribution in [3.8, 4) is 17.2 Å². The number of aromatic nitrogens is 2. The number of hydrogen-bond acceptors (Lipinski definition) is 5. The third-order valence-corrected chi connectivity index (χ3v) is 5.71. The first-order valence-electron chi connectivity index (χ1n) is 10.2. The van der Waals surface area contributed by atoms with Gasteiger partial charge in [-0.3, -0.25) is 9.36 Å². The van der Waals surface area contributed by atoms with Crippen molar-refractivity contribution >= 4 is 17.7 Å². The van der Waals surface area contributed by atoms with Gasteiger partial charge in [0.15, 0.2) is 16.7 Å². The zero-order valence-corrected chi connectivity index (χ0v) is 19.4. The molecule has 0 aliphatic carbocycles. The highest BCUT2D eigenvalue weighted by atomic mass is 32.2. The topological polar surface area (TPSA) is 65.4 Å². The van der Waals surface area contributed by atoms with Crippen LogP contribution in [-0.4, -0.2) is 34.4 Å². The van der Waals surface area contributed by atoms with E-state index in [2.05, 4.69) is 23.3 Å². The number of methoxy groups -OCH3 is 1. The molecule has 0 saturated heterocycles. The quantitative estimate of drug-likeness (QED) is 0.478. The van der Waals surface area contributed by atoms with Gasteiger partial charge in [-0.05, 0) is 57.0 Å². The monoisotopic (exact) mass is 439 g/mol. The number of aryl methyl sites for hydroxylation is 1. The molecule has 1 unspecified atom stereocenters. The number of rotatable bonds is 9. The van der Waals surface area contributed by atoms with E-state index in [4.69, 9.17) is 9.47 Å². The van der Waals surface area contributed by atoms with Crippen molar-refractivity contribution < 1.29 is 14.3 Å². The van der Waals surface area contributed by atoms with Gasteiger partial charge in [-0.25, -0.2) is 4.98 Å². The highest BCUT2D eigenvalue weighted by Gasteiger charge is 2.15. The molecule has 3 aromatic rings. The van der Waals surface area contributed by atoms with Gasteiger partial charge < -0.3 is 14.8 Å². The number of ether oxygens (including phenoxy) is 2. The Labute approximate surface area is 188 Å². The number of amides is 1. The lowest BCUT2D eigenvalue weighted by atomic mass is 10.1. The second-order valence-corrected chi connectivity index (χ2v) is 8.46. The maximum absolute atomic E-state index is 12.6. The maximum atomic E-state index is 12.6. The molecule has 1 N–H and O–H groups in total. The maximum Gasteiger partial charge on any atom is 0.230 e. The van der Waals surface area contributed by atoms with Gasteiger partial charge in [0.25, 0.3) is 0 Å². The van der Waals surface area contributed by atoms with E-state index < -0.39 is 0 Å². The van der Waals surface area contributed by atoms with Crippen molar-refractivity contribution in [2.24, 2.45) is 0 Å². The zero-order chi connectivity index (χ0) is 22.4. The van der Waals surface area contributed by atoms with E-state index in [1.54, 1.807) is 13.3 Å². The minimum Gasteiger partial charge on any atom is -0.493 e. The molecule has 3 rings (SSSR count). The van der Waals surface area contributed by atoms with Gasteiger partial charge in [0.2, 0.25) is 5.91 Å². The van der Waals surface area contributed by atoms with Crippen LogP contribution in [0.15, 0.2) is 60.0 Å². The van der Waals surface area contributed by atoms with E-state index in [9.17, 15) is 4.79 Å². The lowest BCUT2D eigenvalue weighted by molar-refractivity contribution is -0.119. The fraction of sp³-hybridized carbons (Fsp3) is 0.333. The van der Waals surface area contributed by atoms with Gasteiger partial charge in [-0.15, -0.1) is 0 Å². The number of nitrogens with zero attached hydrogens (tertiary/aromatic N) is 2. The van der Waals surface area contributed by atoms with Gasteiger partial charge in [-0.1, -0.05) is 36.0 Å². The van der Waals surface area contributed by atoms with Crippen LogP contribution in [0.25, 0.3) is 5.69 Å². The van der Waals surface area contributed by atoms with Gasteiger partial charge in [0.1, 0.15) is 0 Å². The highest BCUT2D eigenvalue weighted by molar-refractivity contribution is 7.99. The fourth-order valence-electron chi connectivity index (χ4n) is 3.21. The molecule has 7 heteroatoms. The minimum absolute atomic E-state index is 0.0566. The summed E-state index contributed by atoms with van der Waals surface area (Å²) < 4.78 is 13.2. The normalized spacial score (nSPS) is 11.9. The largest absolute Gasteiger partial charge is 0.493 e. The molecule has 0 spiro atoms. The molecular weight excluding hydrogens is 410 g/mol. The summed E-state index contributed by atoms with van der Waals surface area (Å²) in [5.41, 5.74) is 3.17. The van der Waals surface area contributed by atoms with Crippen LogP contribution in [-0.2, 0) is 4.79 Å². The first-order chi connectivity index (χ1) is 14.9. The van der Waals surface area contributed by atoms with Crippen LogP contribution in [0.4, 0.5) is 0 Å². The molecule has 31 heavy (non-hydrogen) atoms. The molecule has 164 valence electrons. The van der Waals surface area contributed by atoms with Crippen molar-refractivity contribution in [2.75, 3.05) is 12.9 Å². The van der Waals surface area contributed by atoms with Crippen molar-refractivity contribution in [2.45, 2.75) is 45.0 Å². The number of carbonyl (C=O) groups excluding carboxylic acids is 1. The molecule has 1 heterocycles. The van der Waals surface area contributed by atoms with Crippen LogP contribution in [0.2, 0.25) is 0 Å². The van der Waals surface area contributed by atoms with Crippen LogP contribution in [0, 0.1) is 6.92 Å². The van der Waals surface area contributed by atoms with Crippen LogP contribution < -0.4 is 14.8 Å². The molecule has 1 atom stereocenters. The third kappa shape index (κ3) is 5.82. The number of benzene rings is 2. The molecular formula is C24H29N3O3S. The van der Waals surface area contributed by atoms with E-state index in [1.165, 1.54) is 11.8 Å². The Kier molecular flexibility index (Phi) is 7.63.